The van der Waals surface area contributed by atoms with Crippen LogP contribution in [0.4, 0.5) is 14.5 Å². The molecule has 1 aliphatic heterocycles. The van der Waals surface area contributed by atoms with Crippen molar-refractivity contribution >= 4 is 17.6 Å². The SMILES string of the molecule is CN=C(NCc1ccc(C(N)=O)o1)NC1CCN(c2c(F)cccc2F)C1. The number of carbonyl (C=O) groups is 1. The van der Waals surface area contributed by atoms with Gasteiger partial charge in [0.15, 0.2) is 11.7 Å². The number of nitrogens with zero attached hydrogens (tertiary/aromatic N) is 2. The standard InChI is InChI=1S/C18H21F2N5O2/c1-22-18(23-9-12-5-6-15(27-12)17(21)26)24-11-7-8-25(10-11)16-13(19)3-2-4-14(16)20/h2-6,11H,7-10H2,1H3,(H2,21,26)(H2,22,23,24). The molecule has 27 heavy (non-hydrogen) atoms. The molecule has 9 heteroatoms. The summed E-state index contributed by atoms with van der Waals surface area (Å²) in [6, 6.07) is 7.00. The number of amides is 1. The lowest BCUT2D eigenvalue weighted by molar-refractivity contribution is 0.0972. The Morgan fingerprint density at radius 3 is 2.70 bits per heavy atom. The molecule has 1 unspecified atom stereocenters. The highest BCUT2D eigenvalue weighted by atomic mass is 19.1. The number of nitrogens with one attached hydrogen (secondary N) is 2. The number of nitrogens with two attached hydrogens (primary N) is 1. The molecule has 3 rings (SSSR count). The van der Waals surface area contributed by atoms with E-state index in [2.05, 4.69) is 15.6 Å². The zero-order valence-corrected chi connectivity index (χ0v) is 14.8. The van der Waals surface area contributed by atoms with Crippen LogP contribution >= 0.6 is 0 Å². The molecule has 1 fully saturated rings. The summed E-state index contributed by atoms with van der Waals surface area (Å²) in [6.07, 6.45) is 0.709. The molecular weight excluding hydrogens is 356 g/mol. The van der Waals surface area contributed by atoms with Gasteiger partial charge in [-0.2, -0.15) is 0 Å². The lowest BCUT2D eigenvalue weighted by Crippen LogP contribution is -2.44. The molecule has 2 aromatic rings. The van der Waals surface area contributed by atoms with Gasteiger partial charge in [0.2, 0.25) is 0 Å². The number of benzene rings is 1. The summed E-state index contributed by atoms with van der Waals surface area (Å²) in [6.45, 7) is 1.29. The summed E-state index contributed by atoms with van der Waals surface area (Å²) >= 11 is 0. The van der Waals surface area contributed by atoms with Crippen molar-refractivity contribution in [3.05, 3.63) is 53.5 Å². The van der Waals surface area contributed by atoms with Crippen molar-refractivity contribution in [1.29, 1.82) is 0 Å². The quantitative estimate of drug-likeness (QED) is 0.543. The highest BCUT2D eigenvalue weighted by Crippen LogP contribution is 2.26. The first-order valence-electron chi connectivity index (χ1n) is 8.52. The van der Waals surface area contributed by atoms with Crippen molar-refractivity contribution in [3.63, 3.8) is 0 Å². The van der Waals surface area contributed by atoms with Gasteiger partial charge in [-0.25, -0.2) is 8.78 Å². The van der Waals surface area contributed by atoms with Crippen LogP contribution in [0.15, 0.2) is 39.7 Å². The number of para-hydroxylation sites is 1. The topological polar surface area (TPSA) is 95.9 Å². The largest absolute Gasteiger partial charge is 0.454 e. The van der Waals surface area contributed by atoms with Gasteiger partial charge in [0, 0.05) is 26.2 Å². The highest BCUT2D eigenvalue weighted by Gasteiger charge is 2.27. The van der Waals surface area contributed by atoms with Gasteiger partial charge in [-0.05, 0) is 30.7 Å². The van der Waals surface area contributed by atoms with Crippen molar-refractivity contribution in [1.82, 2.24) is 10.6 Å². The van der Waals surface area contributed by atoms with Gasteiger partial charge in [0.1, 0.15) is 23.1 Å². The average Bonchev–Trinajstić information content (AvgIpc) is 3.28. The molecule has 2 heterocycles. The number of primary amides is 1. The van der Waals surface area contributed by atoms with Crippen molar-refractivity contribution in [2.75, 3.05) is 25.0 Å². The molecule has 0 spiro atoms. The zero-order chi connectivity index (χ0) is 19.4. The van der Waals surface area contributed by atoms with Crippen LogP contribution < -0.4 is 21.3 Å². The molecular formula is C18H21F2N5O2. The molecule has 7 nitrogen and oxygen atoms in total. The Hall–Kier alpha value is -3.10. The van der Waals surface area contributed by atoms with E-state index in [1.165, 1.54) is 24.3 Å². The summed E-state index contributed by atoms with van der Waals surface area (Å²) in [4.78, 5) is 16.9. The molecule has 0 bridgehead atoms. The minimum absolute atomic E-state index is 0.000636. The van der Waals surface area contributed by atoms with E-state index in [1.54, 1.807) is 18.0 Å². The van der Waals surface area contributed by atoms with Crippen LogP contribution in [-0.4, -0.2) is 38.0 Å². The van der Waals surface area contributed by atoms with E-state index in [4.69, 9.17) is 10.2 Å². The molecule has 1 amide bonds. The maximum Gasteiger partial charge on any atom is 0.284 e. The van der Waals surface area contributed by atoms with Crippen LogP contribution in [0.25, 0.3) is 0 Å². The van der Waals surface area contributed by atoms with E-state index in [0.717, 1.165) is 0 Å². The monoisotopic (exact) mass is 377 g/mol. The Morgan fingerprint density at radius 2 is 2.07 bits per heavy atom. The number of guanidine groups is 1. The molecule has 144 valence electrons. The van der Waals surface area contributed by atoms with Crippen molar-refractivity contribution in [2.45, 2.75) is 19.0 Å². The molecule has 1 aliphatic rings. The molecule has 0 saturated carbocycles. The summed E-state index contributed by atoms with van der Waals surface area (Å²) in [7, 11) is 1.62. The summed E-state index contributed by atoms with van der Waals surface area (Å²) in [5.41, 5.74) is 5.15. The fourth-order valence-electron chi connectivity index (χ4n) is 3.04. The second kappa shape index (κ2) is 8.07. The van der Waals surface area contributed by atoms with Crippen LogP contribution in [0.5, 0.6) is 0 Å². The highest BCUT2D eigenvalue weighted by molar-refractivity contribution is 5.89. The first kappa shape index (κ1) is 18.7. The van der Waals surface area contributed by atoms with Crippen LogP contribution in [0, 0.1) is 11.6 Å². The van der Waals surface area contributed by atoms with Gasteiger partial charge in [0.25, 0.3) is 5.91 Å². The first-order valence-corrected chi connectivity index (χ1v) is 8.52. The number of furan rings is 1. The smallest absolute Gasteiger partial charge is 0.284 e. The van der Waals surface area contributed by atoms with Crippen molar-refractivity contribution in [2.24, 2.45) is 10.7 Å². The Bertz CT molecular complexity index is 832. The number of anilines is 1. The summed E-state index contributed by atoms with van der Waals surface area (Å²) in [5.74, 6) is -0.619. The number of halogens is 2. The predicted octanol–water partition coefficient (Wildman–Crippen LogP) is 1.60. The minimum Gasteiger partial charge on any atom is -0.454 e. The maximum atomic E-state index is 13.9. The van der Waals surface area contributed by atoms with Crippen LogP contribution in [-0.2, 0) is 6.54 Å². The van der Waals surface area contributed by atoms with Gasteiger partial charge >= 0.3 is 0 Å². The number of carbonyl (C=O) groups excluding carboxylic acids is 1. The van der Waals surface area contributed by atoms with Gasteiger partial charge in [-0.15, -0.1) is 0 Å². The Labute approximate surface area is 155 Å². The maximum absolute atomic E-state index is 13.9. The van der Waals surface area contributed by atoms with Gasteiger partial charge in [-0.3, -0.25) is 9.79 Å². The number of hydrogen-bond acceptors (Lipinski definition) is 4. The third kappa shape index (κ3) is 4.36. The molecule has 0 aliphatic carbocycles. The first-order chi connectivity index (χ1) is 13.0. The van der Waals surface area contributed by atoms with Crippen molar-refractivity contribution in [3.8, 4) is 0 Å². The van der Waals surface area contributed by atoms with E-state index < -0.39 is 17.5 Å². The van der Waals surface area contributed by atoms with E-state index in [0.29, 0.717) is 37.8 Å². The zero-order valence-electron chi connectivity index (χ0n) is 14.8. The van der Waals surface area contributed by atoms with E-state index in [-0.39, 0.29) is 17.5 Å². The number of aliphatic imine (C=N–C) groups is 1. The summed E-state index contributed by atoms with van der Waals surface area (Å²) in [5, 5.41) is 6.29. The molecule has 1 atom stereocenters. The van der Waals surface area contributed by atoms with E-state index >= 15 is 0 Å². The van der Waals surface area contributed by atoms with Crippen molar-refractivity contribution < 1.29 is 18.0 Å². The molecule has 4 N–H and O–H groups in total. The fourth-order valence-corrected chi connectivity index (χ4v) is 3.04. The lowest BCUT2D eigenvalue weighted by atomic mass is 10.2. The third-order valence-electron chi connectivity index (χ3n) is 4.34. The minimum atomic E-state index is -0.629. The van der Waals surface area contributed by atoms with Gasteiger partial charge in [-0.1, -0.05) is 6.07 Å². The van der Waals surface area contributed by atoms with Crippen LogP contribution in [0.2, 0.25) is 0 Å². The number of hydrogen-bond donors (Lipinski definition) is 3. The normalized spacial score (nSPS) is 17.2. The molecule has 1 saturated heterocycles. The van der Waals surface area contributed by atoms with Gasteiger partial charge < -0.3 is 25.7 Å². The second-order valence-corrected chi connectivity index (χ2v) is 6.20. The fraction of sp³-hybridized carbons (Fsp3) is 0.333. The lowest BCUT2D eigenvalue weighted by Gasteiger charge is -2.21. The second-order valence-electron chi connectivity index (χ2n) is 6.20. The van der Waals surface area contributed by atoms with Crippen LogP contribution in [0.1, 0.15) is 22.7 Å². The van der Waals surface area contributed by atoms with E-state index in [1.807, 2.05) is 0 Å². The average molecular weight is 377 g/mol. The summed E-state index contributed by atoms with van der Waals surface area (Å²) < 4.78 is 33.2. The van der Waals surface area contributed by atoms with Gasteiger partial charge in [0.05, 0.1) is 6.54 Å². The number of rotatable bonds is 5. The van der Waals surface area contributed by atoms with Crippen LogP contribution in [0.3, 0.4) is 0 Å². The van der Waals surface area contributed by atoms with E-state index in [9.17, 15) is 13.6 Å². The molecule has 1 aromatic carbocycles. The Morgan fingerprint density at radius 1 is 1.33 bits per heavy atom. The predicted molar refractivity (Wildman–Crippen MR) is 97.5 cm³/mol. The molecule has 0 radical (unpaired) electrons. The Balaban J connectivity index is 1.55. The third-order valence-corrected chi connectivity index (χ3v) is 4.34. The molecule has 1 aromatic heterocycles. The Kier molecular flexibility index (Phi) is 5.58.